The Balaban J connectivity index is 1.83. The number of hydrogen-bond acceptors (Lipinski definition) is 5. The summed E-state index contributed by atoms with van der Waals surface area (Å²) >= 11 is 6.52. The lowest BCUT2D eigenvalue weighted by Gasteiger charge is -2.35. The summed E-state index contributed by atoms with van der Waals surface area (Å²) in [5.74, 6) is -0.245. The summed E-state index contributed by atoms with van der Waals surface area (Å²) in [4.78, 5) is 30.7. The number of carbonyl (C=O) groups is 1. The fourth-order valence-corrected chi connectivity index (χ4v) is 5.02. The van der Waals surface area contributed by atoms with Gasteiger partial charge in [0, 0.05) is 59.9 Å². The third kappa shape index (κ3) is 7.32. The van der Waals surface area contributed by atoms with Crippen molar-refractivity contribution in [2.24, 2.45) is 0 Å². The molecule has 192 valence electrons. The number of H-pyrrole nitrogens is 1. The molecule has 1 aliphatic rings. The van der Waals surface area contributed by atoms with Crippen LogP contribution in [0.25, 0.3) is 0 Å². The van der Waals surface area contributed by atoms with Crippen molar-refractivity contribution >= 4 is 23.2 Å². The van der Waals surface area contributed by atoms with Crippen LogP contribution in [0.4, 0.5) is 5.69 Å². The first kappa shape index (κ1) is 27.2. The number of benzene rings is 1. The Morgan fingerprint density at radius 2 is 1.74 bits per heavy atom. The van der Waals surface area contributed by atoms with Gasteiger partial charge in [-0.05, 0) is 82.7 Å². The van der Waals surface area contributed by atoms with Crippen LogP contribution in [0, 0.1) is 20.8 Å². The van der Waals surface area contributed by atoms with E-state index in [9.17, 15) is 9.59 Å². The van der Waals surface area contributed by atoms with Crippen LogP contribution in [-0.4, -0.2) is 49.9 Å². The lowest BCUT2D eigenvalue weighted by atomic mass is 9.99. The number of halogens is 1. The predicted octanol–water partition coefficient (Wildman–Crippen LogP) is 4.69. The summed E-state index contributed by atoms with van der Waals surface area (Å²) < 4.78 is 11.3. The van der Waals surface area contributed by atoms with Gasteiger partial charge in [-0.2, -0.15) is 0 Å². The number of hydrogen-bond donors (Lipinski definition) is 2. The van der Waals surface area contributed by atoms with Gasteiger partial charge in [0.2, 0.25) is 0 Å². The first-order valence-corrected chi connectivity index (χ1v) is 12.9. The van der Waals surface area contributed by atoms with E-state index < -0.39 is 0 Å². The minimum Gasteiger partial charge on any atom is -0.379 e. The highest BCUT2D eigenvalue weighted by molar-refractivity contribution is 6.31. The summed E-state index contributed by atoms with van der Waals surface area (Å²) in [5.41, 5.74) is 4.40. The Labute approximate surface area is 213 Å². The monoisotopic (exact) mass is 503 g/mol. The van der Waals surface area contributed by atoms with Gasteiger partial charge in [0.1, 0.15) is 0 Å². The van der Waals surface area contributed by atoms with Crippen LogP contribution in [0.5, 0.6) is 0 Å². The Morgan fingerprint density at radius 1 is 1.09 bits per heavy atom. The number of carbonyl (C=O) groups excluding carboxylic acids is 1. The number of amides is 1. The molecule has 2 aromatic rings. The molecule has 0 aliphatic carbocycles. The zero-order chi connectivity index (χ0) is 25.4. The highest BCUT2D eigenvalue weighted by Crippen LogP contribution is 2.31. The van der Waals surface area contributed by atoms with Crippen molar-refractivity contribution in [2.75, 3.05) is 37.9 Å². The van der Waals surface area contributed by atoms with Crippen molar-refractivity contribution in [1.82, 2.24) is 10.3 Å². The molecule has 0 unspecified atom stereocenters. The molecule has 1 amide bonds. The van der Waals surface area contributed by atoms with Crippen molar-refractivity contribution in [1.29, 1.82) is 0 Å². The second-order valence-electron chi connectivity index (χ2n) is 9.17. The van der Waals surface area contributed by atoms with Crippen LogP contribution in [0.1, 0.15) is 65.3 Å². The Bertz CT molecular complexity index is 1060. The number of aromatic nitrogens is 1. The SMILES string of the molecule is CCN(c1cc(Cl)cc(C(=O)NCc2c(C)cc(C)[nH]c2=O)c1C)C1CCCOCCOCCC1. The lowest BCUT2D eigenvalue weighted by Crippen LogP contribution is -2.37. The molecule has 3 rings (SSSR count). The summed E-state index contributed by atoms with van der Waals surface area (Å²) in [6, 6.07) is 5.85. The van der Waals surface area contributed by atoms with E-state index in [-0.39, 0.29) is 18.0 Å². The number of nitrogens with zero attached hydrogens (tertiary/aromatic N) is 1. The molecule has 1 aliphatic heterocycles. The van der Waals surface area contributed by atoms with Crippen LogP contribution in [0.15, 0.2) is 23.0 Å². The molecule has 35 heavy (non-hydrogen) atoms. The Kier molecular flexibility index (Phi) is 10.2. The van der Waals surface area contributed by atoms with Gasteiger partial charge in [0.25, 0.3) is 11.5 Å². The number of rotatable bonds is 6. The molecule has 2 heterocycles. The molecule has 1 aromatic heterocycles. The maximum atomic E-state index is 13.2. The van der Waals surface area contributed by atoms with Gasteiger partial charge in [-0.3, -0.25) is 9.59 Å². The summed E-state index contributed by atoms with van der Waals surface area (Å²) in [7, 11) is 0. The fourth-order valence-electron chi connectivity index (χ4n) is 4.81. The topological polar surface area (TPSA) is 83.7 Å². The first-order chi connectivity index (χ1) is 16.8. The number of aromatic amines is 1. The number of nitrogens with one attached hydrogen (secondary N) is 2. The summed E-state index contributed by atoms with van der Waals surface area (Å²) in [6.07, 6.45) is 3.94. The largest absolute Gasteiger partial charge is 0.379 e. The van der Waals surface area contributed by atoms with Gasteiger partial charge in [0.05, 0.1) is 13.2 Å². The highest BCUT2D eigenvalue weighted by atomic mass is 35.5. The number of ether oxygens (including phenoxy) is 2. The number of pyridine rings is 1. The van der Waals surface area contributed by atoms with E-state index in [0.29, 0.717) is 35.4 Å². The van der Waals surface area contributed by atoms with Crippen molar-refractivity contribution in [2.45, 2.75) is 66.0 Å². The standard InChI is InChI=1S/C27H38ClN3O4/c1-5-31(22-8-6-10-34-12-13-35-11-7-9-22)25-16-21(28)15-23(20(25)4)26(32)29-17-24-18(2)14-19(3)30-27(24)33/h14-16,22H,5-13,17H2,1-4H3,(H,29,32)(H,30,33). The zero-order valence-electron chi connectivity index (χ0n) is 21.3. The minimum atomic E-state index is -0.245. The molecule has 2 N–H and O–H groups in total. The smallest absolute Gasteiger partial charge is 0.253 e. The van der Waals surface area contributed by atoms with Crippen molar-refractivity contribution in [3.8, 4) is 0 Å². The van der Waals surface area contributed by atoms with Gasteiger partial charge in [-0.25, -0.2) is 0 Å². The maximum absolute atomic E-state index is 13.2. The molecule has 0 atom stereocenters. The van der Waals surface area contributed by atoms with Gasteiger partial charge in [-0.1, -0.05) is 11.6 Å². The van der Waals surface area contributed by atoms with E-state index in [2.05, 4.69) is 22.1 Å². The van der Waals surface area contributed by atoms with E-state index in [0.717, 1.165) is 68.0 Å². The van der Waals surface area contributed by atoms with Crippen LogP contribution in [0.2, 0.25) is 5.02 Å². The van der Waals surface area contributed by atoms with Crippen LogP contribution >= 0.6 is 11.6 Å². The average molecular weight is 504 g/mol. The average Bonchev–Trinajstić information content (AvgIpc) is 2.87. The molecule has 0 bridgehead atoms. The molecule has 1 saturated heterocycles. The van der Waals surface area contributed by atoms with E-state index >= 15 is 0 Å². The summed E-state index contributed by atoms with van der Waals surface area (Å²) in [6.45, 7) is 11.5. The molecule has 1 aromatic carbocycles. The maximum Gasteiger partial charge on any atom is 0.253 e. The lowest BCUT2D eigenvalue weighted by molar-refractivity contribution is 0.0483. The molecule has 1 fully saturated rings. The van der Waals surface area contributed by atoms with Gasteiger partial charge in [0.15, 0.2) is 0 Å². The number of aryl methyl sites for hydroxylation is 2. The molecule has 0 radical (unpaired) electrons. The van der Waals surface area contributed by atoms with E-state index in [1.54, 1.807) is 6.07 Å². The van der Waals surface area contributed by atoms with Crippen molar-refractivity contribution in [3.63, 3.8) is 0 Å². The van der Waals surface area contributed by atoms with Crippen molar-refractivity contribution in [3.05, 3.63) is 61.5 Å². The quantitative estimate of drug-likeness (QED) is 0.597. The van der Waals surface area contributed by atoms with Gasteiger partial charge >= 0.3 is 0 Å². The van der Waals surface area contributed by atoms with Gasteiger partial charge < -0.3 is 24.7 Å². The zero-order valence-corrected chi connectivity index (χ0v) is 22.1. The second kappa shape index (κ2) is 13.1. The normalized spacial score (nSPS) is 15.9. The third-order valence-corrected chi connectivity index (χ3v) is 6.84. The fraction of sp³-hybridized carbons (Fsp3) is 0.556. The van der Waals surface area contributed by atoms with Crippen LogP contribution in [-0.2, 0) is 16.0 Å². The van der Waals surface area contributed by atoms with E-state index in [1.165, 1.54) is 0 Å². The Hall–Kier alpha value is -2.35. The van der Waals surface area contributed by atoms with Crippen molar-refractivity contribution < 1.29 is 14.3 Å². The predicted molar refractivity (Wildman–Crippen MR) is 141 cm³/mol. The molecular formula is C27H38ClN3O4. The highest BCUT2D eigenvalue weighted by Gasteiger charge is 2.23. The molecule has 0 saturated carbocycles. The van der Waals surface area contributed by atoms with E-state index in [4.69, 9.17) is 21.1 Å². The van der Waals surface area contributed by atoms with E-state index in [1.807, 2.05) is 32.9 Å². The number of anilines is 1. The molecular weight excluding hydrogens is 466 g/mol. The third-order valence-electron chi connectivity index (χ3n) is 6.62. The second-order valence-corrected chi connectivity index (χ2v) is 9.61. The minimum absolute atomic E-state index is 0.154. The summed E-state index contributed by atoms with van der Waals surface area (Å²) in [5, 5.41) is 3.44. The van der Waals surface area contributed by atoms with Crippen LogP contribution < -0.4 is 15.8 Å². The molecule has 0 spiro atoms. The Morgan fingerprint density at radius 3 is 2.34 bits per heavy atom. The first-order valence-electron chi connectivity index (χ1n) is 12.5. The molecule has 7 nitrogen and oxygen atoms in total. The van der Waals surface area contributed by atoms with Crippen LogP contribution in [0.3, 0.4) is 0 Å². The molecule has 8 heteroatoms. The van der Waals surface area contributed by atoms with Gasteiger partial charge in [-0.15, -0.1) is 0 Å².